The zero-order chi connectivity index (χ0) is 37.5. The first kappa shape index (κ1) is 32.2. The van der Waals surface area contributed by atoms with Gasteiger partial charge in [0.1, 0.15) is 23.3 Å². The zero-order valence-electron chi connectivity index (χ0n) is 30.8. The standard InChI is InChI=1S/C51H34N4OS/c1-3-13-31(14-4-1)49-52-50(32-15-5-2-6-16-32)54-51(53-49)34-26-28-39-38-27-25-33(29-45(38)57-46(39)30-34)35-19-11-23-43-47(35)48-42(22-12-24-44(48)56-43)55-40-20-9-7-17-36(40)37-18-8-10-21-41(37)55/h1-21,23-30,42,51H,22H2,(H,52,53,54). The van der Waals surface area contributed by atoms with Crippen molar-refractivity contribution in [2.75, 3.05) is 0 Å². The van der Waals surface area contributed by atoms with Crippen LogP contribution < -0.4 is 5.32 Å². The van der Waals surface area contributed by atoms with Gasteiger partial charge < -0.3 is 14.3 Å². The summed E-state index contributed by atoms with van der Waals surface area (Å²) in [6, 6.07) is 58.4. The number of allylic oxidation sites excluding steroid dienone is 1. The van der Waals surface area contributed by atoms with Gasteiger partial charge in [-0.25, -0.2) is 9.98 Å². The van der Waals surface area contributed by atoms with Crippen LogP contribution in [0.3, 0.4) is 0 Å². The van der Waals surface area contributed by atoms with Gasteiger partial charge in [0.05, 0.1) is 6.04 Å². The molecule has 6 heteroatoms. The number of para-hydroxylation sites is 2. The summed E-state index contributed by atoms with van der Waals surface area (Å²) in [6.07, 6.45) is 5.04. The van der Waals surface area contributed by atoms with Crippen LogP contribution in [-0.2, 0) is 0 Å². The molecular formula is C51H34N4OS. The van der Waals surface area contributed by atoms with Gasteiger partial charge in [0.25, 0.3) is 0 Å². The SMILES string of the molecule is C1=Cc2oc3cccc(-c4ccc5c(c4)sc4cc(C6N=C(c7ccccc7)N=C(c7ccccc7)N6)ccc45)c3c2C(n2c3ccccc3c3ccccc32)C1. The number of amidine groups is 2. The van der Waals surface area contributed by atoms with E-state index in [-0.39, 0.29) is 12.2 Å². The normalized spacial score (nSPS) is 16.6. The van der Waals surface area contributed by atoms with Crippen LogP contribution in [0.25, 0.3) is 70.2 Å². The number of hydrogen-bond donors (Lipinski definition) is 1. The molecule has 1 aliphatic carbocycles. The molecule has 7 aromatic carbocycles. The van der Waals surface area contributed by atoms with Crippen molar-refractivity contribution in [2.24, 2.45) is 9.98 Å². The summed E-state index contributed by atoms with van der Waals surface area (Å²) in [5, 5.41) is 9.90. The van der Waals surface area contributed by atoms with Gasteiger partial charge in [-0.3, -0.25) is 0 Å². The second kappa shape index (κ2) is 12.8. The van der Waals surface area contributed by atoms with Crippen molar-refractivity contribution >= 4 is 82.0 Å². The maximum Gasteiger partial charge on any atom is 0.159 e. The Morgan fingerprint density at radius 1 is 0.614 bits per heavy atom. The maximum atomic E-state index is 6.66. The van der Waals surface area contributed by atoms with E-state index < -0.39 is 0 Å². The maximum absolute atomic E-state index is 6.66. The van der Waals surface area contributed by atoms with E-state index in [4.69, 9.17) is 14.4 Å². The number of thiophene rings is 1. The van der Waals surface area contributed by atoms with Crippen molar-refractivity contribution in [3.63, 3.8) is 0 Å². The molecule has 0 spiro atoms. The van der Waals surface area contributed by atoms with Crippen molar-refractivity contribution in [2.45, 2.75) is 18.6 Å². The lowest BCUT2D eigenvalue weighted by molar-refractivity contribution is 0.562. The van der Waals surface area contributed by atoms with Crippen LogP contribution in [0.5, 0.6) is 0 Å². The van der Waals surface area contributed by atoms with Crippen molar-refractivity contribution in [1.82, 2.24) is 9.88 Å². The topological polar surface area (TPSA) is 54.8 Å². The molecule has 270 valence electrons. The lowest BCUT2D eigenvalue weighted by atomic mass is 9.90. The molecule has 4 heterocycles. The molecule has 12 rings (SSSR count). The summed E-state index contributed by atoms with van der Waals surface area (Å²) in [6.45, 7) is 0. The predicted octanol–water partition coefficient (Wildman–Crippen LogP) is 13.1. The Morgan fingerprint density at radius 2 is 1.30 bits per heavy atom. The average molecular weight is 751 g/mol. The number of benzene rings is 7. The van der Waals surface area contributed by atoms with Crippen molar-refractivity contribution in [1.29, 1.82) is 0 Å². The fourth-order valence-corrected chi connectivity index (χ4v) is 10.2. The fraction of sp³-hybridized carbons (Fsp3) is 0.0588. The minimum absolute atomic E-state index is 0.0922. The zero-order valence-corrected chi connectivity index (χ0v) is 31.6. The third-order valence-corrected chi connectivity index (χ3v) is 12.7. The van der Waals surface area contributed by atoms with Gasteiger partial charge in [-0.1, -0.05) is 140 Å². The molecule has 0 amide bonds. The number of aromatic nitrogens is 1. The van der Waals surface area contributed by atoms with Gasteiger partial charge >= 0.3 is 0 Å². The molecule has 0 saturated heterocycles. The number of fused-ring (bicyclic) bond motifs is 9. The van der Waals surface area contributed by atoms with E-state index in [1.54, 1.807) is 0 Å². The summed E-state index contributed by atoms with van der Waals surface area (Å²) < 4.78 is 11.7. The second-order valence-electron chi connectivity index (χ2n) is 14.9. The lowest BCUT2D eigenvalue weighted by Crippen LogP contribution is -2.33. The number of rotatable bonds is 5. The average Bonchev–Trinajstić information content (AvgIpc) is 3.96. The Bertz CT molecular complexity index is 3260. The number of nitrogens with one attached hydrogen (secondary N) is 1. The highest BCUT2D eigenvalue weighted by atomic mass is 32.1. The van der Waals surface area contributed by atoms with Gasteiger partial charge in [0, 0.05) is 64.1 Å². The molecule has 3 aromatic heterocycles. The highest BCUT2D eigenvalue weighted by Gasteiger charge is 2.30. The van der Waals surface area contributed by atoms with E-state index in [0.717, 1.165) is 46.1 Å². The third-order valence-electron chi connectivity index (χ3n) is 11.6. The molecule has 2 aliphatic rings. The van der Waals surface area contributed by atoms with Gasteiger partial charge in [-0.2, -0.15) is 0 Å². The van der Waals surface area contributed by atoms with Gasteiger partial charge in [-0.05, 0) is 59.5 Å². The molecule has 0 fully saturated rings. The summed E-state index contributed by atoms with van der Waals surface area (Å²) in [5.74, 6) is 2.49. The molecule has 1 N–H and O–H groups in total. The van der Waals surface area contributed by atoms with E-state index in [2.05, 4.69) is 149 Å². The molecule has 10 aromatic rings. The molecule has 0 bridgehead atoms. The van der Waals surface area contributed by atoms with Gasteiger partial charge in [0.15, 0.2) is 5.84 Å². The largest absolute Gasteiger partial charge is 0.456 e. The van der Waals surface area contributed by atoms with E-state index in [1.807, 2.05) is 47.7 Å². The summed E-state index contributed by atoms with van der Waals surface area (Å²) in [7, 11) is 0. The third kappa shape index (κ3) is 5.14. The lowest BCUT2D eigenvalue weighted by Gasteiger charge is -2.23. The van der Waals surface area contributed by atoms with Crippen molar-refractivity contribution < 1.29 is 4.42 Å². The first-order valence-electron chi connectivity index (χ1n) is 19.5. The molecule has 0 radical (unpaired) electrons. The summed E-state index contributed by atoms with van der Waals surface area (Å²) >= 11 is 1.84. The second-order valence-corrected chi connectivity index (χ2v) is 16.0. The Morgan fingerprint density at radius 3 is 2.07 bits per heavy atom. The van der Waals surface area contributed by atoms with Crippen LogP contribution in [0.1, 0.15) is 46.6 Å². The van der Waals surface area contributed by atoms with Crippen LogP contribution in [0.4, 0.5) is 0 Å². The monoisotopic (exact) mass is 750 g/mol. The van der Waals surface area contributed by atoms with Gasteiger partial charge in [0.2, 0.25) is 0 Å². The van der Waals surface area contributed by atoms with E-state index in [9.17, 15) is 0 Å². The molecule has 57 heavy (non-hydrogen) atoms. The first-order chi connectivity index (χ1) is 28.2. The number of furan rings is 1. The van der Waals surface area contributed by atoms with Gasteiger partial charge in [-0.15, -0.1) is 11.3 Å². The molecular weight excluding hydrogens is 717 g/mol. The van der Waals surface area contributed by atoms with E-state index in [0.29, 0.717) is 0 Å². The van der Waals surface area contributed by atoms with E-state index >= 15 is 0 Å². The highest BCUT2D eigenvalue weighted by Crippen LogP contribution is 2.47. The van der Waals surface area contributed by atoms with Crippen LogP contribution >= 0.6 is 11.3 Å². The molecule has 1 aliphatic heterocycles. The molecule has 5 nitrogen and oxygen atoms in total. The molecule has 0 saturated carbocycles. The van der Waals surface area contributed by atoms with Crippen LogP contribution in [0, 0.1) is 0 Å². The summed E-state index contributed by atoms with van der Waals surface area (Å²) in [5.41, 5.74) is 10.2. The van der Waals surface area contributed by atoms with E-state index in [1.165, 1.54) is 64.1 Å². The Kier molecular flexibility index (Phi) is 7.22. The molecule has 2 atom stereocenters. The molecule has 2 unspecified atom stereocenters. The Hall–Kier alpha value is -7.02. The fourth-order valence-electron chi connectivity index (χ4n) is 9.04. The minimum atomic E-state index is -0.278. The number of hydrogen-bond acceptors (Lipinski definition) is 5. The quantitative estimate of drug-likeness (QED) is 0.190. The number of nitrogens with zero attached hydrogens (tertiary/aromatic N) is 3. The van der Waals surface area contributed by atoms with Crippen LogP contribution in [0.15, 0.2) is 184 Å². The Labute approximate surface area is 332 Å². The Balaban J connectivity index is 0.964. The van der Waals surface area contributed by atoms with Crippen molar-refractivity contribution in [3.05, 3.63) is 198 Å². The van der Waals surface area contributed by atoms with Crippen LogP contribution in [-0.4, -0.2) is 16.2 Å². The number of aliphatic imine (C=N–C) groups is 2. The summed E-state index contributed by atoms with van der Waals surface area (Å²) in [4.78, 5) is 10.1. The highest BCUT2D eigenvalue weighted by molar-refractivity contribution is 7.25. The minimum Gasteiger partial charge on any atom is -0.456 e. The van der Waals surface area contributed by atoms with Crippen molar-refractivity contribution in [3.8, 4) is 11.1 Å². The van der Waals surface area contributed by atoms with Crippen LogP contribution in [0.2, 0.25) is 0 Å². The predicted molar refractivity (Wildman–Crippen MR) is 238 cm³/mol. The smallest absolute Gasteiger partial charge is 0.159 e. The first-order valence-corrected chi connectivity index (χ1v) is 20.3.